The number of ether oxygens (including phenoxy) is 2. The molecule has 1 aliphatic rings. The van der Waals surface area contributed by atoms with E-state index in [0.717, 1.165) is 20.8 Å². The van der Waals surface area contributed by atoms with E-state index in [1.807, 2.05) is 30.5 Å². The Bertz CT molecular complexity index is 1740. The number of aryl methyl sites for hydroxylation is 1. The lowest BCUT2D eigenvalue weighted by Crippen LogP contribution is -2.41. The number of para-hydroxylation sites is 1. The second-order valence-corrected chi connectivity index (χ2v) is 10.6. The van der Waals surface area contributed by atoms with Gasteiger partial charge in [0.05, 0.1) is 43.0 Å². The number of thiophene rings is 1. The first-order valence-corrected chi connectivity index (χ1v) is 13.7. The molecule has 1 unspecified atom stereocenters. The zero-order chi connectivity index (χ0) is 28.4. The minimum Gasteiger partial charge on any atom is -0.466 e. The Morgan fingerprint density at radius 1 is 1.05 bits per heavy atom. The quantitative estimate of drug-likeness (QED) is 0.249. The minimum atomic E-state index is -0.946. The highest BCUT2D eigenvalue weighted by atomic mass is 32.2. The van der Waals surface area contributed by atoms with E-state index in [4.69, 9.17) is 15.2 Å². The highest BCUT2D eigenvalue weighted by molar-refractivity contribution is 7.99. The number of nitrogens with two attached hydrogens (primary N) is 1. The highest BCUT2D eigenvalue weighted by Crippen LogP contribution is 2.46. The average Bonchev–Trinajstić information content (AvgIpc) is 3.38. The van der Waals surface area contributed by atoms with Gasteiger partial charge in [0.25, 0.3) is 0 Å². The molecule has 5 rings (SSSR count). The van der Waals surface area contributed by atoms with Crippen molar-refractivity contribution in [1.82, 2.24) is 9.97 Å². The van der Waals surface area contributed by atoms with Crippen LogP contribution in [0, 0.1) is 18.3 Å². The number of benzene rings is 2. The van der Waals surface area contributed by atoms with Crippen molar-refractivity contribution in [3.63, 3.8) is 0 Å². The monoisotopic (exact) mass is 569 g/mol. The maximum atomic E-state index is 13.4. The molecule has 2 N–H and O–H groups in total. The number of hydrogen-bond acceptors (Lipinski definition) is 11. The van der Waals surface area contributed by atoms with Gasteiger partial charge < -0.3 is 15.2 Å². The summed E-state index contributed by atoms with van der Waals surface area (Å²) in [6.45, 7) is 1.99. The molecule has 2 aromatic carbocycles. The lowest BCUT2D eigenvalue weighted by molar-refractivity contribution is -0.139. The van der Waals surface area contributed by atoms with Crippen LogP contribution in [0.25, 0.3) is 10.2 Å². The molecule has 9 nitrogen and oxygen atoms in total. The maximum absolute atomic E-state index is 13.4. The smallest absolute Gasteiger partial charge is 0.355 e. The van der Waals surface area contributed by atoms with Gasteiger partial charge in [-0.15, -0.1) is 11.3 Å². The average molecular weight is 570 g/mol. The van der Waals surface area contributed by atoms with Crippen molar-refractivity contribution in [2.75, 3.05) is 19.1 Å². The topological polar surface area (TPSA) is 131 Å². The van der Waals surface area contributed by atoms with Crippen LogP contribution in [0.1, 0.15) is 17.0 Å². The number of nitrogens with zero attached hydrogens (tertiary/aromatic N) is 4. The Morgan fingerprint density at radius 2 is 1.75 bits per heavy atom. The van der Waals surface area contributed by atoms with E-state index in [1.54, 1.807) is 36.4 Å². The summed E-state index contributed by atoms with van der Waals surface area (Å²) in [5.74, 6) is -2.54. The summed E-state index contributed by atoms with van der Waals surface area (Å²) in [6, 6.07) is 18.3. The molecule has 11 heteroatoms. The molecule has 0 aliphatic carbocycles. The van der Waals surface area contributed by atoms with Gasteiger partial charge in [-0.1, -0.05) is 54.2 Å². The van der Waals surface area contributed by atoms with Crippen LogP contribution in [0.15, 0.2) is 98.9 Å². The number of anilines is 1. The van der Waals surface area contributed by atoms with Crippen LogP contribution in [0.3, 0.4) is 0 Å². The predicted octanol–water partition coefficient (Wildman–Crippen LogP) is 5.05. The molecule has 0 saturated carbocycles. The molecule has 1 aliphatic heterocycles. The first kappa shape index (κ1) is 26.9. The molecule has 0 amide bonds. The van der Waals surface area contributed by atoms with Crippen molar-refractivity contribution < 1.29 is 19.1 Å². The molecule has 0 fully saturated rings. The van der Waals surface area contributed by atoms with Crippen LogP contribution in [-0.2, 0) is 19.1 Å². The summed E-state index contributed by atoms with van der Waals surface area (Å²) in [5.41, 5.74) is 8.71. The third-order valence-electron chi connectivity index (χ3n) is 6.44. The molecule has 4 aromatic rings. The van der Waals surface area contributed by atoms with Gasteiger partial charge in [0.2, 0.25) is 0 Å². The fourth-order valence-electron chi connectivity index (χ4n) is 4.66. The third-order valence-corrected chi connectivity index (χ3v) is 8.51. The Labute approximate surface area is 238 Å². The molecule has 0 bridgehead atoms. The van der Waals surface area contributed by atoms with Crippen molar-refractivity contribution >= 4 is 50.9 Å². The van der Waals surface area contributed by atoms with Crippen LogP contribution < -0.4 is 10.6 Å². The molecular formula is C29H23N5O4S2. The van der Waals surface area contributed by atoms with Crippen LogP contribution in [0.5, 0.6) is 0 Å². The van der Waals surface area contributed by atoms with Crippen LogP contribution in [-0.4, -0.2) is 36.1 Å². The number of aromatic nitrogens is 2. The number of carbonyl (C=O) groups is 2. The Hall–Kier alpha value is -4.66. The first-order chi connectivity index (χ1) is 19.4. The molecule has 40 heavy (non-hydrogen) atoms. The Kier molecular flexibility index (Phi) is 7.55. The minimum absolute atomic E-state index is 0.00277. The van der Waals surface area contributed by atoms with E-state index in [1.165, 1.54) is 48.5 Å². The number of esters is 2. The van der Waals surface area contributed by atoms with Crippen LogP contribution >= 0.6 is 23.1 Å². The molecule has 3 heterocycles. The SMILES string of the molecule is COC(=O)C1=C(C(=O)OC)N(c2ccccc2Sc2ncnc3scc(C)c23)C(N)=C(C#N)C1c1ccccc1. The fraction of sp³-hybridized carbons (Fsp3) is 0.138. The van der Waals surface area contributed by atoms with Gasteiger partial charge in [0.1, 0.15) is 27.7 Å². The van der Waals surface area contributed by atoms with Gasteiger partial charge in [-0.25, -0.2) is 19.6 Å². The third kappa shape index (κ3) is 4.57. The number of carbonyl (C=O) groups excluding carboxylic acids is 2. The van der Waals surface area contributed by atoms with E-state index in [-0.39, 0.29) is 22.7 Å². The van der Waals surface area contributed by atoms with Gasteiger partial charge in [-0.05, 0) is 35.6 Å². The lowest BCUT2D eigenvalue weighted by Gasteiger charge is -2.36. The van der Waals surface area contributed by atoms with Crippen molar-refractivity contribution in [3.05, 3.63) is 100 Å². The number of methoxy groups -OCH3 is 2. The number of hydrogen-bond donors (Lipinski definition) is 1. The molecule has 0 saturated heterocycles. The van der Waals surface area contributed by atoms with Crippen molar-refractivity contribution in [2.45, 2.75) is 22.8 Å². The molecule has 1 atom stereocenters. The molecule has 0 radical (unpaired) electrons. The number of fused-ring (bicyclic) bond motifs is 1. The van der Waals surface area contributed by atoms with Gasteiger partial charge in [-0.2, -0.15) is 5.26 Å². The van der Waals surface area contributed by atoms with Gasteiger partial charge in [0, 0.05) is 10.3 Å². The summed E-state index contributed by atoms with van der Waals surface area (Å²) in [5, 5.41) is 14.0. The fourth-order valence-corrected chi connectivity index (χ4v) is 6.69. The maximum Gasteiger partial charge on any atom is 0.355 e. The summed E-state index contributed by atoms with van der Waals surface area (Å²) < 4.78 is 10.3. The molecule has 200 valence electrons. The number of nitriles is 1. The first-order valence-electron chi connectivity index (χ1n) is 12.0. The molecule has 0 spiro atoms. The van der Waals surface area contributed by atoms with Crippen molar-refractivity contribution in [1.29, 1.82) is 5.26 Å². The summed E-state index contributed by atoms with van der Waals surface area (Å²) >= 11 is 2.89. The molecular weight excluding hydrogens is 546 g/mol. The van der Waals surface area contributed by atoms with E-state index < -0.39 is 17.9 Å². The predicted molar refractivity (Wildman–Crippen MR) is 152 cm³/mol. The lowest BCUT2D eigenvalue weighted by atomic mass is 9.81. The van der Waals surface area contributed by atoms with E-state index in [9.17, 15) is 14.9 Å². The van der Waals surface area contributed by atoms with Crippen molar-refractivity contribution in [2.24, 2.45) is 5.73 Å². The summed E-state index contributed by atoms with van der Waals surface area (Å²) in [4.78, 5) is 38.6. The number of rotatable bonds is 6. The highest BCUT2D eigenvalue weighted by Gasteiger charge is 2.43. The van der Waals surface area contributed by atoms with Crippen LogP contribution in [0.4, 0.5) is 5.69 Å². The normalized spacial score (nSPS) is 15.2. The van der Waals surface area contributed by atoms with Crippen molar-refractivity contribution in [3.8, 4) is 6.07 Å². The van der Waals surface area contributed by atoms with E-state index in [0.29, 0.717) is 16.1 Å². The second kappa shape index (κ2) is 11.2. The second-order valence-electron chi connectivity index (χ2n) is 8.68. The van der Waals surface area contributed by atoms with Crippen LogP contribution in [0.2, 0.25) is 0 Å². The van der Waals surface area contributed by atoms with Gasteiger partial charge in [0.15, 0.2) is 0 Å². The molecule has 2 aromatic heterocycles. The largest absolute Gasteiger partial charge is 0.466 e. The van der Waals surface area contributed by atoms with E-state index >= 15 is 0 Å². The zero-order valence-electron chi connectivity index (χ0n) is 21.7. The summed E-state index contributed by atoms with van der Waals surface area (Å²) in [6.07, 6.45) is 1.51. The Morgan fingerprint density at radius 3 is 2.45 bits per heavy atom. The Balaban J connectivity index is 1.77. The van der Waals surface area contributed by atoms with E-state index in [2.05, 4.69) is 16.0 Å². The van der Waals surface area contributed by atoms with Gasteiger partial charge >= 0.3 is 11.9 Å². The van der Waals surface area contributed by atoms with Gasteiger partial charge in [-0.3, -0.25) is 4.90 Å². The summed E-state index contributed by atoms with van der Waals surface area (Å²) in [7, 11) is 2.44. The number of allylic oxidation sites excluding steroid dienone is 1. The zero-order valence-corrected chi connectivity index (χ0v) is 23.4. The standard InChI is InChI=1S/C29H23N5O4S2/c1-16-14-39-26-21(16)27(33-15-32-26)40-20-12-8-7-11-19(20)34-24(29(36)38-3)23(28(35)37-2)22(18(13-30)25(34)31)17-9-5-4-6-10-17/h4-12,14-15,22H,31H2,1-3H3.